The van der Waals surface area contributed by atoms with Gasteiger partial charge in [0.1, 0.15) is 23.2 Å². The minimum Gasteiger partial charge on any atom is -0.467 e. The van der Waals surface area contributed by atoms with Gasteiger partial charge in [-0.3, -0.25) is 4.79 Å². The van der Waals surface area contributed by atoms with Crippen LogP contribution in [0, 0.1) is 18.3 Å². The van der Waals surface area contributed by atoms with Gasteiger partial charge in [-0.2, -0.15) is 5.26 Å². The second-order valence-electron chi connectivity index (χ2n) is 6.59. The van der Waals surface area contributed by atoms with E-state index >= 15 is 0 Å². The van der Waals surface area contributed by atoms with Gasteiger partial charge in [0.05, 0.1) is 24.3 Å². The van der Waals surface area contributed by atoms with Gasteiger partial charge < -0.3 is 19.5 Å². The molecule has 1 aromatic carbocycles. The number of nitrogens with two attached hydrogens (primary N) is 1. The maximum absolute atomic E-state index is 13.5. The van der Waals surface area contributed by atoms with Crippen LogP contribution in [-0.2, 0) is 6.54 Å². The molecule has 1 atom stereocenters. The lowest BCUT2D eigenvalue weighted by Gasteiger charge is -2.28. The highest BCUT2D eigenvalue weighted by Crippen LogP contribution is 2.45. The predicted molar refractivity (Wildman–Crippen MR) is 109 cm³/mol. The van der Waals surface area contributed by atoms with Crippen molar-refractivity contribution in [2.45, 2.75) is 19.4 Å². The molecular formula is C21H15Cl2N3O3. The van der Waals surface area contributed by atoms with Crippen LogP contribution in [0.1, 0.15) is 28.5 Å². The Labute approximate surface area is 176 Å². The number of halogens is 2. The molecule has 0 fully saturated rings. The zero-order valence-electron chi connectivity index (χ0n) is 15.3. The Morgan fingerprint density at radius 2 is 1.93 bits per heavy atom. The Bertz CT molecular complexity index is 1220. The van der Waals surface area contributed by atoms with E-state index < -0.39 is 5.92 Å². The van der Waals surface area contributed by atoms with Crippen molar-refractivity contribution in [1.29, 1.82) is 5.26 Å². The summed E-state index contributed by atoms with van der Waals surface area (Å²) in [7, 11) is 0. The van der Waals surface area contributed by atoms with Crippen LogP contribution < -0.4 is 16.0 Å². The molecule has 1 aliphatic heterocycles. The predicted octanol–water partition coefficient (Wildman–Crippen LogP) is 4.32. The van der Waals surface area contributed by atoms with Crippen molar-refractivity contribution < 1.29 is 9.15 Å². The van der Waals surface area contributed by atoms with Gasteiger partial charge in [-0.1, -0.05) is 29.3 Å². The molecule has 0 amide bonds. The molecular weight excluding hydrogens is 413 g/mol. The lowest BCUT2D eigenvalue weighted by atomic mass is 9.84. The van der Waals surface area contributed by atoms with Crippen molar-refractivity contribution in [3.05, 3.63) is 97.1 Å². The van der Waals surface area contributed by atoms with Gasteiger partial charge in [0.15, 0.2) is 0 Å². The molecule has 0 unspecified atom stereocenters. The van der Waals surface area contributed by atoms with E-state index in [1.165, 1.54) is 0 Å². The molecule has 0 bridgehead atoms. The second-order valence-corrected chi connectivity index (χ2v) is 7.41. The number of rotatable bonds is 3. The summed E-state index contributed by atoms with van der Waals surface area (Å²) >= 11 is 12.8. The smallest absolute Gasteiger partial charge is 0.259 e. The van der Waals surface area contributed by atoms with Gasteiger partial charge in [-0.05, 0) is 31.2 Å². The summed E-state index contributed by atoms with van der Waals surface area (Å²) in [6.07, 6.45) is 1.54. The van der Waals surface area contributed by atoms with Crippen LogP contribution in [0.2, 0.25) is 10.0 Å². The van der Waals surface area contributed by atoms with Crippen LogP contribution in [0.3, 0.4) is 0 Å². The quantitative estimate of drug-likeness (QED) is 0.671. The zero-order valence-corrected chi connectivity index (χ0v) is 16.8. The molecule has 0 saturated carbocycles. The SMILES string of the molecule is Cc1cc2c(c(=O)n1Cc1ccco1)[C@H](c1c(Cl)cccc1Cl)C(C#N)=C(N)O2. The number of hydrogen-bond donors (Lipinski definition) is 1. The number of aryl methyl sites for hydroxylation is 1. The van der Waals surface area contributed by atoms with Crippen molar-refractivity contribution in [2.24, 2.45) is 5.73 Å². The largest absolute Gasteiger partial charge is 0.467 e. The van der Waals surface area contributed by atoms with Crippen LogP contribution in [0.4, 0.5) is 0 Å². The number of ether oxygens (including phenoxy) is 1. The normalized spacial score (nSPS) is 15.6. The summed E-state index contributed by atoms with van der Waals surface area (Å²) < 4.78 is 12.6. The minimum atomic E-state index is -0.846. The molecule has 0 saturated heterocycles. The fraction of sp³-hybridized carbons (Fsp3) is 0.143. The van der Waals surface area contributed by atoms with Crippen molar-refractivity contribution in [3.8, 4) is 11.8 Å². The Morgan fingerprint density at radius 1 is 1.21 bits per heavy atom. The highest BCUT2D eigenvalue weighted by molar-refractivity contribution is 6.36. The van der Waals surface area contributed by atoms with Gasteiger partial charge in [0, 0.05) is 27.4 Å². The highest BCUT2D eigenvalue weighted by Gasteiger charge is 2.36. The lowest BCUT2D eigenvalue weighted by Crippen LogP contribution is -2.33. The summed E-state index contributed by atoms with van der Waals surface area (Å²) in [6, 6.07) is 12.3. The van der Waals surface area contributed by atoms with Gasteiger partial charge in [0.2, 0.25) is 5.88 Å². The monoisotopic (exact) mass is 427 g/mol. The first kappa shape index (κ1) is 19.2. The average Bonchev–Trinajstić information content (AvgIpc) is 3.18. The third-order valence-corrected chi connectivity index (χ3v) is 5.53. The minimum absolute atomic E-state index is 0.0800. The van der Waals surface area contributed by atoms with E-state index in [1.807, 2.05) is 0 Å². The number of benzene rings is 1. The second kappa shape index (κ2) is 7.36. The molecule has 0 spiro atoms. The molecule has 2 N–H and O–H groups in total. The van der Waals surface area contributed by atoms with E-state index in [2.05, 4.69) is 6.07 Å². The molecule has 29 heavy (non-hydrogen) atoms. The summed E-state index contributed by atoms with van der Waals surface area (Å²) in [5, 5.41) is 10.4. The number of nitrogens with zero attached hydrogens (tertiary/aromatic N) is 2. The molecule has 3 aromatic rings. The first-order valence-electron chi connectivity index (χ1n) is 8.70. The molecule has 0 radical (unpaired) electrons. The molecule has 8 heteroatoms. The molecule has 6 nitrogen and oxygen atoms in total. The molecule has 3 heterocycles. The molecule has 0 aliphatic carbocycles. The summed E-state index contributed by atoms with van der Waals surface area (Å²) in [6.45, 7) is 2.01. The molecule has 2 aromatic heterocycles. The number of furan rings is 1. The van der Waals surface area contributed by atoms with Crippen molar-refractivity contribution in [1.82, 2.24) is 4.57 Å². The Kier molecular flexibility index (Phi) is 4.87. The van der Waals surface area contributed by atoms with Crippen LogP contribution >= 0.6 is 23.2 Å². The molecule has 1 aliphatic rings. The number of aromatic nitrogens is 1. The number of fused-ring (bicyclic) bond motifs is 1. The van der Waals surface area contributed by atoms with Gasteiger partial charge >= 0.3 is 0 Å². The maximum atomic E-state index is 13.5. The Morgan fingerprint density at radius 3 is 2.55 bits per heavy atom. The van der Waals surface area contributed by atoms with Gasteiger partial charge in [0.25, 0.3) is 5.56 Å². The third kappa shape index (κ3) is 3.19. The van der Waals surface area contributed by atoms with E-state index in [9.17, 15) is 10.1 Å². The van der Waals surface area contributed by atoms with E-state index in [4.69, 9.17) is 38.1 Å². The fourth-order valence-electron chi connectivity index (χ4n) is 3.52. The molecule has 4 rings (SSSR count). The van der Waals surface area contributed by atoms with E-state index in [0.717, 1.165) is 0 Å². The third-order valence-electron chi connectivity index (χ3n) is 4.87. The zero-order chi connectivity index (χ0) is 20.7. The van der Waals surface area contributed by atoms with E-state index in [-0.39, 0.29) is 34.9 Å². The van der Waals surface area contributed by atoms with Crippen LogP contribution in [0.5, 0.6) is 5.75 Å². The summed E-state index contributed by atoms with van der Waals surface area (Å²) in [4.78, 5) is 13.5. The van der Waals surface area contributed by atoms with Crippen LogP contribution in [0.15, 0.2) is 63.3 Å². The van der Waals surface area contributed by atoms with Crippen molar-refractivity contribution in [2.75, 3.05) is 0 Å². The lowest BCUT2D eigenvalue weighted by molar-refractivity contribution is 0.387. The van der Waals surface area contributed by atoms with Gasteiger partial charge in [-0.25, -0.2) is 0 Å². The first-order chi connectivity index (χ1) is 13.9. The number of nitriles is 1. The standard InChI is InChI=1S/C21H15Cl2N3O3/c1-11-8-16-19(21(27)26(11)10-12-4-3-7-28-12)17(13(9-24)20(25)29-16)18-14(22)5-2-6-15(18)23/h2-8,17H,10,25H2,1H3/t17-/m0/s1. The van der Waals surface area contributed by atoms with Crippen molar-refractivity contribution >= 4 is 23.2 Å². The van der Waals surface area contributed by atoms with Crippen molar-refractivity contribution in [3.63, 3.8) is 0 Å². The molecule has 146 valence electrons. The summed E-state index contributed by atoms with van der Waals surface area (Å²) in [5.74, 6) is -0.0279. The van der Waals surface area contributed by atoms with E-state index in [1.54, 1.807) is 54.2 Å². The number of hydrogen-bond acceptors (Lipinski definition) is 5. The number of allylic oxidation sites excluding steroid dienone is 1. The van der Waals surface area contributed by atoms with Crippen LogP contribution in [0.25, 0.3) is 0 Å². The first-order valence-corrected chi connectivity index (χ1v) is 9.46. The van der Waals surface area contributed by atoms with Crippen LogP contribution in [-0.4, -0.2) is 4.57 Å². The Hall–Kier alpha value is -3.14. The average molecular weight is 428 g/mol. The highest BCUT2D eigenvalue weighted by atomic mass is 35.5. The topological polar surface area (TPSA) is 94.2 Å². The number of pyridine rings is 1. The fourth-order valence-corrected chi connectivity index (χ4v) is 4.13. The maximum Gasteiger partial charge on any atom is 0.259 e. The summed E-state index contributed by atoms with van der Waals surface area (Å²) in [5.41, 5.74) is 7.09. The Balaban J connectivity index is 2.00. The van der Waals surface area contributed by atoms with E-state index in [0.29, 0.717) is 27.1 Å². The van der Waals surface area contributed by atoms with Gasteiger partial charge in [-0.15, -0.1) is 0 Å².